The predicted octanol–water partition coefficient (Wildman–Crippen LogP) is 2.51. The lowest BCUT2D eigenvalue weighted by molar-refractivity contribution is -0.127. The molecule has 1 aliphatic heterocycles. The number of amides is 1. The maximum absolute atomic E-state index is 12.3. The Bertz CT molecular complexity index is 570. The van der Waals surface area contributed by atoms with Gasteiger partial charge in [-0.25, -0.2) is 4.79 Å². The summed E-state index contributed by atoms with van der Waals surface area (Å²) in [7, 11) is 0. The second kappa shape index (κ2) is 7.13. The van der Waals surface area contributed by atoms with Gasteiger partial charge in [0, 0.05) is 18.0 Å². The van der Waals surface area contributed by atoms with Gasteiger partial charge in [-0.1, -0.05) is 12.1 Å². The number of carboxylic acid groups (broad SMARTS) is 1. The van der Waals surface area contributed by atoms with Crippen molar-refractivity contribution in [3.05, 3.63) is 35.4 Å². The molecule has 0 saturated carbocycles. The zero-order chi connectivity index (χ0) is 17.0. The summed E-state index contributed by atoms with van der Waals surface area (Å²) in [5.41, 5.74) is 1.21. The van der Waals surface area contributed by atoms with Crippen LogP contribution in [0.25, 0.3) is 0 Å². The Kier molecular flexibility index (Phi) is 5.42. The molecule has 1 aliphatic rings. The zero-order valence-electron chi connectivity index (χ0n) is 14.1. The molecule has 1 heterocycles. The third kappa shape index (κ3) is 4.79. The van der Waals surface area contributed by atoms with E-state index in [0.29, 0.717) is 6.54 Å². The van der Waals surface area contributed by atoms with Gasteiger partial charge in [0.05, 0.1) is 5.56 Å². The van der Waals surface area contributed by atoms with Crippen molar-refractivity contribution in [3.8, 4) is 0 Å². The van der Waals surface area contributed by atoms with Gasteiger partial charge in [-0.05, 0) is 64.4 Å². The number of rotatable bonds is 4. The number of nitrogens with zero attached hydrogens (tertiary/aromatic N) is 1. The van der Waals surface area contributed by atoms with E-state index in [2.05, 4.69) is 31.0 Å². The van der Waals surface area contributed by atoms with Gasteiger partial charge in [0.15, 0.2) is 0 Å². The summed E-state index contributed by atoms with van der Waals surface area (Å²) in [5, 5.41) is 11.9. The standard InChI is InChI=1S/C18H26N2O3/c1-18(2,3)20-9-7-14(8-10-20)16(21)19-12-13-5-4-6-15(11-13)17(22)23/h4-6,11,14H,7-10,12H2,1-3H3,(H,19,21)(H,22,23). The largest absolute Gasteiger partial charge is 0.478 e. The van der Waals surface area contributed by atoms with Crippen molar-refractivity contribution in [2.24, 2.45) is 5.92 Å². The van der Waals surface area contributed by atoms with Crippen molar-refractivity contribution in [2.75, 3.05) is 13.1 Å². The lowest BCUT2D eigenvalue weighted by Gasteiger charge is -2.40. The molecule has 1 aromatic rings. The molecule has 0 spiro atoms. The first-order valence-electron chi connectivity index (χ1n) is 8.12. The van der Waals surface area contributed by atoms with Crippen LogP contribution in [0.15, 0.2) is 24.3 Å². The Morgan fingerprint density at radius 2 is 1.91 bits per heavy atom. The van der Waals surface area contributed by atoms with Crippen LogP contribution in [0.2, 0.25) is 0 Å². The number of carbonyl (C=O) groups is 2. The molecule has 23 heavy (non-hydrogen) atoms. The number of benzene rings is 1. The van der Waals surface area contributed by atoms with Crippen molar-refractivity contribution in [3.63, 3.8) is 0 Å². The summed E-state index contributed by atoms with van der Waals surface area (Å²) in [4.78, 5) is 25.7. The van der Waals surface area contributed by atoms with E-state index in [1.165, 1.54) is 0 Å². The summed E-state index contributed by atoms with van der Waals surface area (Å²) < 4.78 is 0. The van der Waals surface area contributed by atoms with Crippen LogP contribution in [0.1, 0.15) is 49.5 Å². The van der Waals surface area contributed by atoms with Gasteiger partial charge >= 0.3 is 5.97 Å². The van der Waals surface area contributed by atoms with Gasteiger partial charge in [-0.15, -0.1) is 0 Å². The molecule has 0 unspecified atom stereocenters. The number of carboxylic acids is 1. The van der Waals surface area contributed by atoms with Crippen molar-refractivity contribution in [1.82, 2.24) is 10.2 Å². The van der Waals surface area contributed by atoms with Gasteiger partial charge < -0.3 is 10.4 Å². The van der Waals surface area contributed by atoms with E-state index in [9.17, 15) is 9.59 Å². The Labute approximate surface area is 137 Å². The molecular formula is C18H26N2O3. The topological polar surface area (TPSA) is 69.6 Å². The van der Waals surface area contributed by atoms with Crippen LogP contribution < -0.4 is 5.32 Å². The molecule has 5 nitrogen and oxygen atoms in total. The molecular weight excluding hydrogens is 292 g/mol. The average Bonchev–Trinajstić information content (AvgIpc) is 2.52. The minimum Gasteiger partial charge on any atom is -0.478 e. The molecule has 1 aromatic carbocycles. The highest BCUT2D eigenvalue weighted by Crippen LogP contribution is 2.23. The number of hydrogen-bond donors (Lipinski definition) is 2. The molecule has 0 radical (unpaired) electrons. The minimum atomic E-state index is -0.951. The SMILES string of the molecule is CC(C)(C)N1CCC(C(=O)NCc2cccc(C(=O)O)c2)CC1. The number of hydrogen-bond acceptors (Lipinski definition) is 3. The quantitative estimate of drug-likeness (QED) is 0.895. The highest BCUT2D eigenvalue weighted by Gasteiger charge is 2.29. The fourth-order valence-electron chi connectivity index (χ4n) is 2.96. The number of aromatic carboxylic acids is 1. The van der Waals surface area contributed by atoms with Gasteiger partial charge in [-0.2, -0.15) is 0 Å². The molecule has 0 atom stereocenters. The summed E-state index contributed by atoms with van der Waals surface area (Å²) in [5.74, 6) is -0.830. The van der Waals surface area contributed by atoms with E-state index in [1.54, 1.807) is 18.2 Å². The first-order chi connectivity index (χ1) is 10.8. The molecule has 2 N–H and O–H groups in total. The Hall–Kier alpha value is -1.88. The van der Waals surface area contributed by atoms with Gasteiger partial charge in [0.2, 0.25) is 5.91 Å². The smallest absolute Gasteiger partial charge is 0.335 e. The Balaban J connectivity index is 1.84. The maximum atomic E-state index is 12.3. The van der Waals surface area contributed by atoms with Crippen LogP contribution in [0, 0.1) is 5.92 Å². The third-order valence-corrected chi connectivity index (χ3v) is 4.46. The van der Waals surface area contributed by atoms with Crippen LogP contribution in [0.5, 0.6) is 0 Å². The van der Waals surface area contributed by atoms with Crippen molar-refractivity contribution in [1.29, 1.82) is 0 Å². The van der Waals surface area contributed by atoms with E-state index in [4.69, 9.17) is 5.11 Å². The van der Waals surface area contributed by atoms with Crippen molar-refractivity contribution < 1.29 is 14.7 Å². The zero-order valence-corrected chi connectivity index (χ0v) is 14.1. The number of piperidine rings is 1. The van der Waals surface area contributed by atoms with Crippen LogP contribution >= 0.6 is 0 Å². The van der Waals surface area contributed by atoms with Crippen LogP contribution in [-0.4, -0.2) is 40.5 Å². The normalized spacial score (nSPS) is 17.0. The van der Waals surface area contributed by atoms with E-state index < -0.39 is 5.97 Å². The number of likely N-dealkylation sites (tertiary alicyclic amines) is 1. The van der Waals surface area contributed by atoms with Gasteiger partial charge in [-0.3, -0.25) is 9.69 Å². The highest BCUT2D eigenvalue weighted by atomic mass is 16.4. The lowest BCUT2D eigenvalue weighted by Crippen LogP contribution is -2.48. The fourth-order valence-corrected chi connectivity index (χ4v) is 2.96. The summed E-state index contributed by atoms with van der Waals surface area (Å²) >= 11 is 0. The lowest BCUT2D eigenvalue weighted by atomic mass is 9.92. The summed E-state index contributed by atoms with van der Waals surface area (Å²) in [6.45, 7) is 8.85. The highest BCUT2D eigenvalue weighted by molar-refractivity contribution is 5.87. The average molecular weight is 318 g/mol. The summed E-state index contributed by atoms with van der Waals surface area (Å²) in [6.07, 6.45) is 1.75. The molecule has 5 heteroatoms. The van der Waals surface area contributed by atoms with Crippen LogP contribution in [-0.2, 0) is 11.3 Å². The minimum absolute atomic E-state index is 0.0521. The summed E-state index contributed by atoms with van der Waals surface area (Å²) in [6, 6.07) is 6.68. The molecule has 1 saturated heterocycles. The van der Waals surface area contributed by atoms with E-state index >= 15 is 0 Å². The van der Waals surface area contributed by atoms with E-state index in [1.807, 2.05) is 6.07 Å². The Morgan fingerprint density at radius 1 is 1.26 bits per heavy atom. The second-order valence-corrected chi connectivity index (χ2v) is 7.16. The molecule has 126 valence electrons. The molecule has 1 fully saturated rings. The van der Waals surface area contributed by atoms with Crippen molar-refractivity contribution >= 4 is 11.9 Å². The van der Waals surface area contributed by atoms with Crippen molar-refractivity contribution in [2.45, 2.75) is 45.7 Å². The van der Waals surface area contributed by atoms with Crippen LogP contribution in [0.4, 0.5) is 0 Å². The molecule has 0 aliphatic carbocycles. The monoisotopic (exact) mass is 318 g/mol. The Morgan fingerprint density at radius 3 is 2.48 bits per heavy atom. The van der Waals surface area contributed by atoms with E-state index in [0.717, 1.165) is 31.5 Å². The molecule has 0 bridgehead atoms. The number of nitrogens with one attached hydrogen (secondary N) is 1. The second-order valence-electron chi connectivity index (χ2n) is 7.16. The van der Waals surface area contributed by atoms with Gasteiger partial charge in [0.25, 0.3) is 0 Å². The maximum Gasteiger partial charge on any atom is 0.335 e. The predicted molar refractivity (Wildman–Crippen MR) is 89.3 cm³/mol. The molecule has 1 amide bonds. The van der Waals surface area contributed by atoms with E-state index in [-0.39, 0.29) is 22.9 Å². The third-order valence-electron chi connectivity index (χ3n) is 4.46. The molecule has 2 rings (SSSR count). The molecule has 0 aromatic heterocycles. The first-order valence-corrected chi connectivity index (χ1v) is 8.12. The first kappa shape index (κ1) is 17.5. The number of carbonyl (C=O) groups excluding carboxylic acids is 1. The fraction of sp³-hybridized carbons (Fsp3) is 0.556. The van der Waals surface area contributed by atoms with Gasteiger partial charge in [0.1, 0.15) is 0 Å². The van der Waals surface area contributed by atoms with Crippen LogP contribution in [0.3, 0.4) is 0 Å².